The molecule has 0 atom stereocenters. The van der Waals surface area contributed by atoms with Gasteiger partial charge in [-0.25, -0.2) is 0 Å². The Morgan fingerprint density at radius 1 is 1.35 bits per heavy atom. The van der Waals surface area contributed by atoms with Gasteiger partial charge >= 0.3 is 6.18 Å². The third kappa shape index (κ3) is 4.18. The van der Waals surface area contributed by atoms with Gasteiger partial charge in [-0.1, -0.05) is 13.3 Å². The summed E-state index contributed by atoms with van der Waals surface area (Å²) >= 11 is 0. The molecule has 0 unspecified atom stereocenters. The van der Waals surface area contributed by atoms with Crippen LogP contribution in [0.25, 0.3) is 0 Å². The Morgan fingerprint density at radius 2 is 1.94 bits per heavy atom. The van der Waals surface area contributed by atoms with Crippen molar-refractivity contribution in [2.45, 2.75) is 38.8 Å². The molecule has 17 heavy (non-hydrogen) atoms. The first-order valence-corrected chi connectivity index (χ1v) is 5.95. The maximum Gasteiger partial charge on any atom is 0.405 e. The van der Waals surface area contributed by atoms with Crippen LogP contribution in [0.15, 0.2) is 0 Å². The lowest BCUT2D eigenvalue weighted by Crippen LogP contribution is -2.49. The van der Waals surface area contributed by atoms with Gasteiger partial charge in [-0.3, -0.25) is 4.79 Å². The molecular formula is C11H19F3N2O. The molecule has 1 aliphatic heterocycles. The van der Waals surface area contributed by atoms with E-state index in [-0.39, 0.29) is 0 Å². The van der Waals surface area contributed by atoms with Gasteiger partial charge in [0, 0.05) is 0 Å². The van der Waals surface area contributed by atoms with Gasteiger partial charge in [0.1, 0.15) is 6.54 Å². The zero-order chi connectivity index (χ0) is 12.9. The van der Waals surface area contributed by atoms with Crippen molar-refractivity contribution in [1.82, 2.24) is 10.6 Å². The van der Waals surface area contributed by atoms with E-state index in [1.54, 1.807) is 0 Å². The summed E-state index contributed by atoms with van der Waals surface area (Å²) in [5.74, 6) is -0.446. The van der Waals surface area contributed by atoms with E-state index < -0.39 is 24.0 Å². The van der Waals surface area contributed by atoms with Gasteiger partial charge in [-0.2, -0.15) is 13.2 Å². The first kappa shape index (κ1) is 14.3. The Bertz CT molecular complexity index is 254. The second-order valence-electron chi connectivity index (χ2n) is 4.58. The van der Waals surface area contributed by atoms with Crippen molar-refractivity contribution >= 4 is 5.91 Å². The number of hydrogen-bond acceptors (Lipinski definition) is 2. The van der Waals surface area contributed by atoms with Crippen LogP contribution in [0.4, 0.5) is 13.2 Å². The van der Waals surface area contributed by atoms with Crippen LogP contribution < -0.4 is 10.6 Å². The first-order chi connectivity index (χ1) is 7.90. The molecule has 0 saturated carbocycles. The number of alkyl halides is 3. The Balaban J connectivity index is 2.60. The summed E-state index contributed by atoms with van der Waals surface area (Å²) in [5.41, 5.74) is -0.606. The lowest BCUT2D eigenvalue weighted by atomic mass is 9.74. The van der Waals surface area contributed by atoms with E-state index in [0.29, 0.717) is 32.4 Å². The van der Waals surface area contributed by atoms with E-state index in [1.165, 1.54) is 0 Å². The van der Waals surface area contributed by atoms with Crippen molar-refractivity contribution < 1.29 is 18.0 Å². The lowest BCUT2D eigenvalue weighted by Gasteiger charge is -2.36. The van der Waals surface area contributed by atoms with E-state index >= 15 is 0 Å². The molecule has 1 heterocycles. The number of hydrogen-bond donors (Lipinski definition) is 2. The number of rotatable bonds is 4. The second-order valence-corrected chi connectivity index (χ2v) is 4.58. The minimum atomic E-state index is -4.34. The standard InChI is InChI=1S/C11H19F3N2O/c1-2-3-10(4-6-15-7-5-10)9(17)16-8-11(12,13)14/h15H,2-8H2,1H3,(H,16,17). The van der Waals surface area contributed by atoms with Crippen LogP contribution in [0.1, 0.15) is 32.6 Å². The first-order valence-electron chi connectivity index (χ1n) is 5.95. The van der Waals surface area contributed by atoms with Crippen LogP contribution in [0.5, 0.6) is 0 Å². The highest BCUT2D eigenvalue weighted by atomic mass is 19.4. The van der Waals surface area contributed by atoms with Gasteiger partial charge < -0.3 is 10.6 Å². The fraction of sp³-hybridized carbons (Fsp3) is 0.909. The van der Waals surface area contributed by atoms with Gasteiger partial charge in [0.25, 0.3) is 0 Å². The summed E-state index contributed by atoms with van der Waals surface area (Å²) in [7, 11) is 0. The SMILES string of the molecule is CCCC1(C(=O)NCC(F)(F)F)CCNCC1. The number of nitrogens with one attached hydrogen (secondary N) is 2. The summed E-state index contributed by atoms with van der Waals surface area (Å²) < 4.78 is 36.2. The molecule has 0 bridgehead atoms. The number of carbonyl (C=O) groups is 1. The molecule has 100 valence electrons. The zero-order valence-electron chi connectivity index (χ0n) is 9.99. The van der Waals surface area contributed by atoms with Crippen LogP contribution in [0.2, 0.25) is 0 Å². The number of piperidine rings is 1. The van der Waals surface area contributed by atoms with Crippen LogP contribution in [-0.2, 0) is 4.79 Å². The van der Waals surface area contributed by atoms with Crippen molar-refractivity contribution in [2.24, 2.45) is 5.41 Å². The molecule has 1 amide bonds. The molecule has 0 aromatic carbocycles. The molecular weight excluding hydrogens is 233 g/mol. The largest absolute Gasteiger partial charge is 0.405 e. The Morgan fingerprint density at radius 3 is 2.41 bits per heavy atom. The molecule has 0 aromatic heterocycles. The third-order valence-corrected chi connectivity index (χ3v) is 3.22. The Hall–Kier alpha value is -0.780. The summed E-state index contributed by atoms with van der Waals surface area (Å²) in [6.45, 7) is 2.10. The van der Waals surface area contributed by atoms with Crippen molar-refractivity contribution in [3.05, 3.63) is 0 Å². The maximum absolute atomic E-state index is 12.1. The van der Waals surface area contributed by atoms with Crippen molar-refractivity contribution in [3.63, 3.8) is 0 Å². The molecule has 3 nitrogen and oxygen atoms in total. The Labute approximate surface area is 99.1 Å². The molecule has 1 fully saturated rings. The molecule has 0 aromatic rings. The van der Waals surface area contributed by atoms with Crippen LogP contribution in [0, 0.1) is 5.41 Å². The van der Waals surface area contributed by atoms with E-state index in [1.807, 2.05) is 12.2 Å². The fourth-order valence-electron chi connectivity index (χ4n) is 2.34. The highest BCUT2D eigenvalue weighted by Gasteiger charge is 2.40. The fourth-order valence-corrected chi connectivity index (χ4v) is 2.34. The molecule has 0 aliphatic carbocycles. The van der Waals surface area contributed by atoms with E-state index in [0.717, 1.165) is 6.42 Å². The minimum absolute atomic E-state index is 0.446. The molecule has 2 N–H and O–H groups in total. The smallest absolute Gasteiger partial charge is 0.347 e. The van der Waals surface area contributed by atoms with Gasteiger partial charge in [-0.05, 0) is 32.4 Å². The van der Waals surface area contributed by atoms with Gasteiger partial charge in [0.05, 0.1) is 5.41 Å². The van der Waals surface area contributed by atoms with Crippen molar-refractivity contribution in [1.29, 1.82) is 0 Å². The lowest BCUT2D eigenvalue weighted by molar-refractivity contribution is -0.146. The van der Waals surface area contributed by atoms with E-state index in [9.17, 15) is 18.0 Å². The molecule has 0 spiro atoms. The zero-order valence-corrected chi connectivity index (χ0v) is 9.99. The second kappa shape index (κ2) is 5.71. The molecule has 1 aliphatic rings. The summed E-state index contributed by atoms with van der Waals surface area (Å²) in [6.07, 6.45) is -1.65. The topological polar surface area (TPSA) is 41.1 Å². The predicted octanol–water partition coefficient (Wildman–Crippen LogP) is 1.83. The van der Waals surface area contributed by atoms with Crippen molar-refractivity contribution in [2.75, 3.05) is 19.6 Å². The summed E-state index contributed by atoms with van der Waals surface area (Å²) in [5, 5.41) is 5.15. The normalized spacial score (nSPS) is 20.0. The predicted molar refractivity (Wildman–Crippen MR) is 58.5 cm³/mol. The molecule has 1 rings (SSSR count). The number of carbonyl (C=O) groups excluding carboxylic acids is 1. The van der Waals surface area contributed by atoms with Crippen LogP contribution in [0.3, 0.4) is 0 Å². The van der Waals surface area contributed by atoms with E-state index in [2.05, 4.69) is 5.32 Å². The highest BCUT2D eigenvalue weighted by Crippen LogP contribution is 2.34. The average Bonchev–Trinajstić information content (AvgIpc) is 2.26. The molecule has 0 radical (unpaired) electrons. The van der Waals surface area contributed by atoms with E-state index in [4.69, 9.17) is 0 Å². The molecule has 6 heteroatoms. The van der Waals surface area contributed by atoms with Crippen LogP contribution >= 0.6 is 0 Å². The van der Waals surface area contributed by atoms with Gasteiger partial charge in [0.15, 0.2) is 0 Å². The highest BCUT2D eigenvalue weighted by molar-refractivity contribution is 5.82. The third-order valence-electron chi connectivity index (χ3n) is 3.22. The minimum Gasteiger partial charge on any atom is -0.347 e. The number of halogens is 3. The van der Waals surface area contributed by atoms with Crippen LogP contribution in [-0.4, -0.2) is 31.7 Å². The summed E-state index contributed by atoms with van der Waals surface area (Å²) in [6, 6.07) is 0. The number of amides is 1. The average molecular weight is 252 g/mol. The maximum atomic E-state index is 12.1. The quantitative estimate of drug-likeness (QED) is 0.801. The van der Waals surface area contributed by atoms with Crippen molar-refractivity contribution in [3.8, 4) is 0 Å². The Kier molecular flexibility index (Phi) is 4.80. The van der Waals surface area contributed by atoms with Gasteiger partial charge in [-0.15, -0.1) is 0 Å². The molecule has 1 saturated heterocycles. The monoisotopic (exact) mass is 252 g/mol. The van der Waals surface area contributed by atoms with Gasteiger partial charge in [0.2, 0.25) is 5.91 Å². The summed E-state index contributed by atoms with van der Waals surface area (Å²) in [4.78, 5) is 11.9.